The van der Waals surface area contributed by atoms with Crippen molar-refractivity contribution in [3.8, 4) is 0 Å². The van der Waals surface area contributed by atoms with Gasteiger partial charge in [0.05, 0.1) is 6.04 Å². The van der Waals surface area contributed by atoms with Crippen LogP contribution in [0.1, 0.15) is 32.5 Å². The molecule has 0 saturated carbocycles. The van der Waals surface area contributed by atoms with E-state index in [1.54, 1.807) is 4.90 Å². The van der Waals surface area contributed by atoms with Crippen LogP contribution in [0.3, 0.4) is 0 Å². The van der Waals surface area contributed by atoms with Crippen LogP contribution in [0.4, 0.5) is 8.78 Å². The molecule has 2 unspecified atom stereocenters. The maximum Gasteiger partial charge on any atom is 0.241 e. The number of amides is 1. The van der Waals surface area contributed by atoms with Crippen molar-refractivity contribution in [1.29, 1.82) is 0 Å². The van der Waals surface area contributed by atoms with Crippen LogP contribution in [0, 0.1) is 17.6 Å². The van der Waals surface area contributed by atoms with Crippen molar-refractivity contribution in [3.05, 3.63) is 35.4 Å². The predicted molar refractivity (Wildman–Crippen MR) is 68.2 cm³/mol. The Kier molecular flexibility index (Phi) is 3.85. The molecule has 1 aliphatic heterocycles. The number of likely N-dealkylation sites (N-methyl/N-ethyl adjacent to an activating group) is 1. The summed E-state index contributed by atoms with van der Waals surface area (Å²) in [4.78, 5) is 13.9. The lowest BCUT2D eigenvalue weighted by Gasteiger charge is -2.22. The topological polar surface area (TPSA) is 32.3 Å². The summed E-state index contributed by atoms with van der Waals surface area (Å²) in [5.41, 5.74) is 0.567. The highest BCUT2D eigenvalue weighted by Crippen LogP contribution is 2.28. The summed E-state index contributed by atoms with van der Waals surface area (Å²) in [5.74, 6) is -1.61. The number of halogens is 2. The summed E-state index contributed by atoms with van der Waals surface area (Å²) >= 11 is 0. The molecule has 0 aromatic heterocycles. The zero-order chi connectivity index (χ0) is 14.2. The fraction of sp³-hybridized carbons (Fsp3) is 0.500. The van der Waals surface area contributed by atoms with Gasteiger partial charge in [-0.2, -0.15) is 0 Å². The number of hydrogen-bond donors (Lipinski definition) is 1. The van der Waals surface area contributed by atoms with Gasteiger partial charge in [-0.05, 0) is 30.5 Å². The molecular formula is C14H18F2N2O. The maximum absolute atomic E-state index is 13.3. The lowest BCUT2D eigenvalue weighted by atomic mass is 10.1. The molecule has 0 spiro atoms. The van der Waals surface area contributed by atoms with Crippen LogP contribution in [-0.2, 0) is 4.79 Å². The van der Waals surface area contributed by atoms with E-state index in [9.17, 15) is 13.6 Å². The van der Waals surface area contributed by atoms with E-state index in [0.29, 0.717) is 12.1 Å². The minimum absolute atomic E-state index is 0.00670. The zero-order valence-electron chi connectivity index (χ0n) is 11.3. The maximum atomic E-state index is 13.3. The Morgan fingerprint density at radius 3 is 2.53 bits per heavy atom. The molecule has 1 aromatic rings. The van der Waals surface area contributed by atoms with E-state index in [1.807, 2.05) is 20.8 Å². The van der Waals surface area contributed by atoms with E-state index in [1.165, 1.54) is 6.07 Å². The first-order valence-corrected chi connectivity index (χ1v) is 6.47. The lowest BCUT2D eigenvalue weighted by Crippen LogP contribution is -2.34. The van der Waals surface area contributed by atoms with Crippen molar-refractivity contribution < 1.29 is 13.6 Å². The van der Waals surface area contributed by atoms with Crippen LogP contribution in [0.15, 0.2) is 18.2 Å². The largest absolute Gasteiger partial charge is 0.322 e. The van der Waals surface area contributed by atoms with Gasteiger partial charge in [-0.3, -0.25) is 10.1 Å². The quantitative estimate of drug-likeness (QED) is 0.913. The molecule has 19 heavy (non-hydrogen) atoms. The molecular weight excluding hydrogens is 250 g/mol. The number of carbonyl (C=O) groups excluding carboxylic acids is 1. The van der Waals surface area contributed by atoms with Gasteiger partial charge in [0.1, 0.15) is 6.17 Å². The normalized spacial score (nSPS) is 23.5. The minimum atomic E-state index is -0.893. The van der Waals surface area contributed by atoms with Gasteiger partial charge in [-0.25, -0.2) is 8.78 Å². The van der Waals surface area contributed by atoms with E-state index in [-0.39, 0.29) is 24.0 Å². The number of carbonyl (C=O) groups is 1. The summed E-state index contributed by atoms with van der Waals surface area (Å²) in [7, 11) is 0. The van der Waals surface area contributed by atoms with Gasteiger partial charge < -0.3 is 4.90 Å². The van der Waals surface area contributed by atoms with Crippen LogP contribution in [-0.4, -0.2) is 23.4 Å². The fourth-order valence-corrected chi connectivity index (χ4v) is 2.41. The third-order valence-electron chi connectivity index (χ3n) is 3.46. The first-order valence-electron chi connectivity index (χ1n) is 6.47. The third-order valence-corrected chi connectivity index (χ3v) is 3.46. The molecule has 1 amide bonds. The van der Waals surface area contributed by atoms with Crippen LogP contribution >= 0.6 is 0 Å². The van der Waals surface area contributed by atoms with Crippen molar-refractivity contribution in [2.24, 2.45) is 5.92 Å². The highest BCUT2D eigenvalue weighted by molar-refractivity contribution is 5.84. The van der Waals surface area contributed by atoms with E-state index in [2.05, 4.69) is 5.32 Å². The van der Waals surface area contributed by atoms with Crippen LogP contribution in [0.5, 0.6) is 0 Å². The molecule has 1 heterocycles. The monoisotopic (exact) mass is 268 g/mol. The Bertz CT molecular complexity index is 490. The summed E-state index contributed by atoms with van der Waals surface area (Å²) in [6.07, 6.45) is -0.389. The second-order valence-electron chi connectivity index (χ2n) is 5.09. The summed E-state index contributed by atoms with van der Waals surface area (Å²) < 4.78 is 26.3. The van der Waals surface area contributed by atoms with Gasteiger partial charge in [-0.15, -0.1) is 0 Å². The average molecular weight is 268 g/mol. The minimum Gasteiger partial charge on any atom is -0.322 e. The Balaban J connectivity index is 2.32. The Hall–Kier alpha value is -1.49. The molecule has 0 bridgehead atoms. The molecule has 1 saturated heterocycles. The standard InChI is InChI=1S/C14H18F2N2O/c1-4-18-13(17-12(8(2)3)14(18)19)9-5-6-10(15)11(16)7-9/h5-8,12-13,17H,4H2,1-3H3. The van der Waals surface area contributed by atoms with Crippen molar-refractivity contribution in [1.82, 2.24) is 10.2 Å². The lowest BCUT2D eigenvalue weighted by molar-refractivity contribution is -0.130. The van der Waals surface area contributed by atoms with E-state index in [0.717, 1.165) is 12.1 Å². The Labute approximate surface area is 111 Å². The van der Waals surface area contributed by atoms with Crippen LogP contribution in [0.25, 0.3) is 0 Å². The van der Waals surface area contributed by atoms with Crippen molar-refractivity contribution >= 4 is 5.91 Å². The Morgan fingerprint density at radius 2 is 2.00 bits per heavy atom. The zero-order valence-corrected chi connectivity index (χ0v) is 11.3. The number of benzene rings is 1. The van der Waals surface area contributed by atoms with Crippen molar-refractivity contribution in [2.45, 2.75) is 33.0 Å². The second kappa shape index (κ2) is 5.25. The van der Waals surface area contributed by atoms with Gasteiger partial charge in [0.15, 0.2) is 11.6 Å². The molecule has 3 nitrogen and oxygen atoms in total. The second-order valence-corrected chi connectivity index (χ2v) is 5.09. The van der Waals surface area contributed by atoms with Gasteiger partial charge in [-0.1, -0.05) is 19.9 Å². The number of nitrogens with zero attached hydrogens (tertiary/aromatic N) is 1. The summed E-state index contributed by atoms with van der Waals surface area (Å²) in [6, 6.07) is 3.46. The molecule has 2 rings (SSSR count). The third kappa shape index (κ3) is 2.47. The number of nitrogens with one attached hydrogen (secondary N) is 1. The molecule has 1 aromatic carbocycles. The van der Waals surface area contributed by atoms with Crippen LogP contribution < -0.4 is 5.32 Å². The van der Waals surface area contributed by atoms with Gasteiger partial charge in [0.25, 0.3) is 0 Å². The summed E-state index contributed by atoms with van der Waals surface area (Å²) in [6.45, 7) is 6.31. The van der Waals surface area contributed by atoms with Gasteiger partial charge >= 0.3 is 0 Å². The first kappa shape index (κ1) is 13.9. The highest BCUT2D eigenvalue weighted by atomic mass is 19.2. The summed E-state index contributed by atoms with van der Waals surface area (Å²) in [5, 5.41) is 3.19. The fourth-order valence-electron chi connectivity index (χ4n) is 2.41. The van der Waals surface area contributed by atoms with E-state index < -0.39 is 11.6 Å². The molecule has 2 atom stereocenters. The Morgan fingerprint density at radius 1 is 1.32 bits per heavy atom. The molecule has 0 radical (unpaired) electrons. The number of hydrogen-bond acceptors (Lipinski definition) is 2. The van der Waals surface area contributed by atoms with Crippen molar-refractivity contribution in [3.63, 3.8) is 0 Å². The number of rotatable bonds is 3. The van der Waals surface area contributed by atoms with Gasteiger partial charge in [0, 0.05) is 6.54 Å². The van der Waals surface area contributed by atoms with E-state index >= 15 is 0 Å². The molecule has 1 N–H and O–H groups in total. The molecule has 1 aliphatic rings. The molecule has 0 aliphatic carbocycles. The first-order chi connectivity index (χ1) is 8.95. The SMILES string of the molecule is CCN1C(=O)C(C(C)C)NC1c1ccc(F)c(F)c1. The molecule has 1 fully saturated rings. The van der Waals surface area contributed by atoms with Crippen LogP contribution in [0.2, 0.25) is 0 Å². The average Bonchev–Trinajstić information content (AvgIpc) is 2.70. The van der Waals surface area contributed by atoms with Gasteiger partial charge in [0.2, 0.25) is 5.91 Å². The van der Waals surface area contributed by atoms with E-state index in [4.69, 9.17) is 0 Å². The molecule has 5 heteroatoms. The predicted octanol–water partition coefficient (Wildman–Crippen LogP) is 2.44. The molecule has 104 valence electrons. The highest BCUT2D eigenvalue weighted by Gasteiger charge is 2.40. The van der Waals surface area contributed by atoms with Crippen molar-refractivity contribution in [2.75, 3.05) is 6.54 Å². The smallest absolute Gasteiger partial charge is 0.241 e.